The van der Waals surface area contributed by atoms with Crippen molar-refractivity contribution in [2.45, 2.75) is 76.5 Å². The first-order chi connectivity index (χ1) is 18.5. The van der Waals surface area contributed by atoms with Gasteiger partial charge in [0.2, 0.25) is 17.7 Å². The van der Waals surface area contributed by atoms with Crippen LogP contribution in [0.25, 0.3) is 10.1 Å². The molecule has 3 heterocycles. The van der Waals surface area contributed by atoms with Crippen LogP contribution in [0.3, 0.4) is 0 Å². The van der Waals surface area contributed by atoms with Crippen LogP contribution in [0.4, 0.5) is 0 Å². The van der Waals surface area contributed by atoms with Gasteiger partial charge in [-0.2, -0.15) is 0 Å². The van der Waals surface area contributed by atoms with Crippen LogP contribution in [0.2, 0.25) is 0 Å². The number of hydrogen-bond donors (Lipinski definition) is 2. The molecule has 1 unspecified atom stereocenters. The number of fused-ring (bicyclic) bond motifs is 1. The van der Waals surface area contributed by atoms with Crippen molar-refractivity contribution in [3.05, 3.63) is 47.4 Å². The summed E-state index contributed by atoms with van der Waals surface area (Å²) in [5, 5.41) is 6.19. The summed E-state index contributed by atoms with van der Waals surface area (Å²) in [6.07, 6.45) is 10.8. The number of rotatable bonds is 6. The van der Waals surface area contributed by atoms with E-state index in [9.17, 15) is 14.4 Å². The van der Waals surface area contributed by atoms with Gasteiger partial charge >= 0.3 is 0 Å². The summed E-state index contributed by atoms with van der Waals surface area (Å²) in [6.45, 7) is 1.23. The average molecular weight is 542 g/mol. The molecule has 1 aromatic heterocycles. The Labute approximate surface area is 228 Å². The Balaban J connectivity index is 1.48. The molecule has 0 bridgehead atoms. The van der Waals surface area contributed by atoms with Gasteiger partial charge in [0.05, 0.1) is 0 Å². The largest absolute Gasteiger partial charge is 0.350 e. The Hall–Kier alpha value is -2.75. The zero-order valence-electron chi connectivity index (χ0n) is 22.2. The number of nitrogens with one attached hydrogen (secondary N) is 2. The Morgan fingerprint density at radius 2 is 1.95 bits per heavy atom. The Morgan fingerprint density at radius 1 is 1.13 bits per heavy atom. The normalized spacial score (nSPS) is 24.1. The van der Waals surface area contributed by atoms with Crippen molar-refractivity contribution >= 4 is 39.1 Å². The van der Waals surface area contributed by atoms with Crippen LogP contribution in [0.1, 0.15) is 63.4 Å². The molecule has 2 aliphatic rings. The lowest BCUT2D eigenvalue weighted by Crippen LogP contribution is -2.50. The fourth-order valence-corrected chi connectivity index (χ4v) is 5.94. The SMILES string of the molecule is CN1CCCC=CCCC[C@H](CC(=O)NOC2CCCCO2)C(=O)N[C@@H](Cc2csc3ccccc23)C1=O. The van der Waals surface area contributed by atoms with Crippen LogP contribution in [0.15, 0.2) is 41.8 Å². The van der Waals surface area contributed by atoms with E-state index in [1.165, 1.54) is 0 Å². The molecule has 1 fully saturated rings. The molecule has 0 aliphatic carbocycles. The summed E-state index contributed by atoms with van der Waals surface area (Å²) < 4.78 is 6.66. The van der Waals surface area contributed by atoms with E-state index in [1.54, 1.807) is 23.3 Å². The van der Waals surface area contributed by atoms with E-state index in [1.807, 2.05) is 12.1 Å². The maximum absolute atomic E-state index is 13.5. The number of benzene rings is 1. The number of nitrogens with zero attached hydrogens (tertiary/aromatic N) is 1. The van der Waals surface area contributed by atoms with Gasteiger partial charge in [-0.25, -0.2) is 10.3 Å². The minimum absolute atomic E-state index is 0.0135. The molecule has 4 rings (SSSR count). The number of likely N-dealkylation sites (N-methyl/N-ethyl adjacent to an activating group) is 1. The first-order valence-corrected chi connectivity index (χ1v) is 14.6. The molecular formula is C29H39N3O5S. The van der Waals surface area contributed by atoms with Crippen LogP contribution in [-0.4, -0.2) is 55.2 Å². The monoisotopic (exact) mass is 541 g/mol. The fraction of sp³-hybridized carbons (Fsp3) is 0.552. The smallest absolute Gasteiger partial charge is 0.245 e. The van der Waals surface area contributed by atoms with Crippen molar-refractivity contribution in [3.63, 3.8) is 0 Å². The summed E-state index contributed by atoms with van der Waals surface area (Å²) in [5.74, 6) is -1.32. The van der Waals surface area contributed by atoms with Gasteiger partial charge in [-0.15, -0.1) is 11.3 Å². The lowest BCUT2D eigenvalue weighted by molar-refractivity contribution is -0.200. The molecule has 3 atom stereocenters. The zero-order chi connectivity index (χ0) is 26.7. The average Bonchev–Trinajstić information content (AvgIpc) is 3.34. The highest BCUT2D eigenvalue weighted by Crippen LogP contribution is 2.27. The number of ether oxygens (including phenoxy) is 1. The predicted octanol–water partition coefficient (Wildman–Crippen LogP) is 4.49. The van der Waals surface area contributed by atoms with E-state index < -0.39 is 18.2 Å². The Morgan fingerprint density at radius 3 is 2.76 bits per heavy atom. The fourth-order valence-electron chi connectivity index (χ4n) is 4.97. The number of hydrogen-bond acceptors (Lipinski definition) is 6. The molecule has 2 aromatic rings. The van der Waals surface area contributed by atoms with E-state index in [-0.39, 0.29) is 24.1 Å². The first kappa shape index (κ1) is 28.3. The molecule has 1 saturated heterocycles. The van der Waals surface area contributed by atoms with Crippen LogP contribution >= 0.6 is 11.3 Å². The van der Waals surface area contributed by atoms with Crippen LogP contribution in [0.5, 0.6) is 0 Å². The van der Waals surface area contributed by atoms with Gasteiger partial charge in [-0.3, -0.25) is 14.4 Å². The highest BCUT2D eigenvalue weighted by molar-refractivity contribution is 7.17. The Kier molecular flexibility index (Phi) is 10.7. The molecule has 2 aliphatic heterocycles. The van der Waals surface area contributed by atoms with Crippen molar-refractivity contribution in [1.29, 1.82) is 0 Å². The second-order valence-corrected chi connectivity index (χ2v) is 11.1. The lowest BCUT2D eigenvalue weighted by atomic mass is 9.95. The third-order valence-electron chi connectivity index (χ3n) is 7.18. The van der Waals surface area contributed by atoms with Gasteiger partial charge in [-0.1, -0.05) is 30.4 Å². The van der Waals surface area contributed by atoms with Gasteiger partial charge in [0, 0.05) is 50.1 Å². The third kappa shape index (κ3) is 8.12. The van der Waals surface area contributed by atoms with Crippen molar-refractivity contribution in [3.8, 4) is 0 Å². The van der Waals surface area contributed by atoms with Gasteiger partial charge in [0.1, 0.15) is 6.04 Å². The number of carbonyl (C=O) groups is 3. The molecule has 8 nitrogen and oxygen atoms in total. The number of amides is 3. The number of thiophene rings is 1. The minimum atomic E-state index is -0.707. The standard InChI is InChI=1S/C29H39N3O5S/c1-32-16-10-5-3-2-4-6-12-21(19-26(33)31-37-27-15-9-11-17-36-27)28(34)30-24(29(32)35)18-22-20-38-25-14-8-7-13-23(22)25/h2-3,7-8,13-14,20-21,24,27H,4-6,9-12,15-19H2,1H3,(H,30,34)(H,31,33)/t21-,24+,27?/m1/s1. The van der Waals surface area contributed by atoms with Gasteiger partial charge in [-0.05, 0) is 67.3 Å². The van der Waals surface area contributed by atoms with Crippen molar-refractivity contribution in [1.82, 2.24) is 15.7 Å². The molecule has 1 aromatic carbocycles. The summed E-state index contributed by atoms with van der Waals surface area (Å²) in [7, 11) is 1.79. The van der Waals surface area contributed by atoms with Gasteiger partial charge in [0.25, 0.3) is 0 Å². The summed E-state index contributed by atoms with van der Waals surface area (Å²) in [5.41, 5.74) is 3.52. The predicted molar refractivity (Wildman–Crippen MR) is 148 cm³/mol. The number of allylic oxidation sites excluding steroid dienone is 2. The van der Waals surface area contributed by atoms with Crippen molar-refractivity contribution in [2.24, 2.45) is 5.92 Å². The molecule has 206 valence electrons. The first-order valence-electron chi connectivity index (χ1n) is 13.7. The Bertz CT molecular complexity index is 1110. The van der Waals surface area contributed by atoms with Crippen LogP contribution in [-0.2, 0) is 30.4 Å². The molecule has 9 heteroatoms. The highest BCUT2D eigenvalue weighted by atomic mass is 32.1. The van der Waals surface area contributed by atoms with Crippen molar-refractivity contribution in [2.75, 3.05) is 20.2 Å². The second kappa shape index (κ2) is 14.4. The topological polar surface area (TPSA) is 97.0 Å². The van der Waals surface area contributed by atoms with E-state index in [0.29, 0.717) is 26.0 Å². The van der Waals surface area contributed by atoms with E-state index >= 15 is 0 Å². The maximum atomic E-state index is 13.5. The molecule has 0 spiro atoms. The molecule has 3 amide bonds. The molecule has 0 saturated carbocycles. The van der Waals surface area contributed by atoms with E-state index in [2.05, 4.69) is 40.5 Å². The number of carbonyl (C=O) groups excluding carboxylic acids is 3. The summed E-state index contributed by atoms with van der Waals surface area (Å²) in [4.78, 5) is 46.9. The van der Waals surface area contributed by atoms with E-state index in [4.69, 9.17) is 9.57 Å². The second-order valence-electron chi connectivity index (χ2n) is 10.2. The minimum Gasteiger partial charge on any atom is -0.350 e. The molecule has 2 N–H and O–H groups in total. The molecule has 38 heavy (non-hydrogen) atoms. The molecular weight excluding hydrogens is 502 g/mol. The number of hydroxylamine groups is 1. The summed E-state index contributed by atoms with van der Waals surface area (Å²) >= 11 is 1.64. The highest BCUT2D eigenvalue weighted by Gasteiger charge is 2.30. The van der Waals surface area contributed by atoms with Crippen molar-refractivity contribution < 1.29 is 24.0 Å². The lowest BCUT2D eigenvalue weighted by Gasteiger charge is -2.27. The van der Waals surface area contributed by atoms with Crippen LogP contribution in [0, 0.1) is 5.92 Å². The summed E-state index contributed by atoms with van der Waals surface area (Å²) in [6, 6.07) is 7.39. The van der Waals surface area contributed by atoms with Crippen LogP contribution < -0.4 is 10.8 Å². The zero-order valence-corrected chi connectivity index (χ0v) is 23.0. The quantitative estimate of drug-likeness (QED) is 0.415. The maximum Gasteiger partial charge on any atom is 0.245 e. The van der Waals surface area contributed by atoms with E-state index in [0.717, 1.165) is 60.6 Å². The van der Waals surface area contributed by atoms with Gasteiger partial charge < -0.3 is 15.0 Å². The third-order valence-corrected chi connectivity index (χ3v) is 8.19. The van der Waals surface area contributed by atoms with Gasteiger partial charge in [0.15, 0.2) is 6.29 Å². The molecule has 0 radical (unpaired) electrons.